The first kappa shape index (κ1) is 21.6. The van der Waals surface area contributed by atoms with Crippen LogP contribution < -0.4 is 5.32 Å². The molecule has 152 valence electrons. The van der Waals surface area contributed by atoms with Gasteiger partial charge in [0.2, 0.25) is 10.0 Å². The lowest BCUT2D eigenvalue weighted by atomic mass is 9.98. The topological polar surface area (TPSA) is 101 Å². The smallest absolute Gasteiger partial charge is 0.352 e. The van der Waals surface area contributed by atoms with Crippen molar-refractivity contribution in [3.8, 4) is 0 Å². The van der Waals surface area contributed by atoms with E-state index in [-0.39, 0.29) is 11.5 Å². The van der Waals surface area contributed by atoms with Crippen LogP contribution in [0.2, 0.25) is 0 Å². The molecule has 27 heavy (non-hydrogen) atoms. The van der Waals surface area contributed by atoms with Crippen LogP contribution in [0.4, 0.5) is 13.2 Å². The zero-order valence-corrected chi connectivity index (χ0v) is 16.0. The highest BCUT2D eigenvalue weighted by Gasteiger charge is 2.46. The van der Waals surface area contributed by atoms with Gasteiger partial charge in [-0.3, -0.25) is 4.79 Å². The lowest BCUT2D eigenvalue weighted by Crippen LogP contribution is -2.41. The maximum Gasteiger partial charge on any atom is 0.501 e. The van der Waals surface area contributed by atoms with E-state index in [1.54, 1.807) is 0 Å². The van der Waals surface area contributed by atoms with Crippen LogP contribution >= 0.6 is 0 Å². The van der Waals surface area contributed by atoms with Crippen molar-refractivity contribution >= 4 is 25.8 Å². The van der Waals surface area contributed by atoms with Crippen LogP contribution in [0.15, 0.2) is 29.2 Å². The largest absolute Gasteiger partial charge is 0.501 e. The van der Waals surface area contributed by atoms with Gasteiger partial charge in [-0.1, -0.05) is 0 Å². The van der Waals surface area contributed by atoms with Gasteiger partial charge in [-0.2, -0.15) is 13.2 Å². The summed E-state index contributed by atoms with van der Waals surface area (Å²) in [6.07, 6.45) is 2.30. The second-order valence-corrected chi connectivity index (χ2v) is 10.2. The summed E-state index contributed by atoms with van der Waals surface area (Å²) in [6.45, 7) is 1.02. The molecule has 1 amide bonds. The Morgan fingerprint density at radius 3 is 2.07 bits per heavy atom. The Morgan fingerprint density at radius 2 is 1.63 bits per heavy atom. The number of nitrogens with zero attached hydrogens (tertiary/aromatic N) is 1. The fraction of sp³-hybridized carbons (Fsp3) is 0.533. The lowest BCUT2D eigenvalue weighted by molar-refractivity contribution is -0.0436. The third-order valence-electron chi connectivity index (χ3n) is 4.33. The Labute approximate surface area is 155 Å². The normalized spacial score (nSPS) is 17.6. The summed E-state index contributed by atoms with van der Waals surface area (Å²) in [5, 5.41) is 2.63. The molecule has 12 heteroatoms. The molecular weight excluding hydrogens is 409 g/mol. The molecular formula is C15H19F3N2O5S2. The zero-order valence-electron chi connectivity index (χ0n) is 14.4. The summed E-state index contributed by atoms with van der Waals surface area (Å²) in [6, 6.07) is 3.51. The minimum absolute atomic E-state index is 0.0321. The molecule has 2 rings (SSSR count). The van der Waals surface area contributed by atoms with E-state index >= 15 is 0 Å². The average Bonchev–Trinajstić information content (AvgIpc) is 2.58. The Kier molecular flexibility index (Phi) is 6.22. The van der Waals surface area contributed by atoms with Gasteiger partial charge < -0.3 is 5.32 Å². The summed E-state index contributed by atoms with van der Waals surface area (Å²) in [5.74, 6) is -0.465. The molecule has 0 spiro atoms. The minimum Gasteiger partial charge on any atom is -0.352 e. The summed E-state index contributed by atoms with van der Waals surface area (Å²) in [5.41, 5.74) is -5.37. The van der Waals surface area contributed by atoms with Crippen LogP contribution in [-0.4, -0.2) is 58.4 Å². The summed E-state index contributed by atoms with van der Waals surface area (Å²) in [4.78, 5) is 11.1. The van der Waals surface area contributed by atoms with Crippen LogP contribution in [0.1, 0.15) is 23.2 Å². The van der Waals surface area contributed by atoms with Crippen LogP contribution in [0.3, 0.4) is 0 Å². The van der Waals surface area contributed by atoms with Gasteiger partial charge in [0.05, 0.1) is 11.2 Å². The molecule has 0 aliphatic carbocycles. The number of rotatable bonds is 5. The highest BCUT2D eigenvalue weighted by atomic mass is 32.2. The lowest BCUT2D eigenvalue weighted by Gasteiger charge is -2.30. The van der Waals surface area contributed by atoms with Gasteiger partial charge >= 0.3 is 5.51 Å². The van der Waals surface area contributed by atoms with Crippen LogP contribution in [0.25, 0.3) is 0 Å². The number of benzene rings is 1. The standard InChI is InChI=1S/C15H19F3N2O5S2/c1-26(22,23)20-8-6-11(7-9-20)10-19-14(21)12-2-4-13(5-3-12)27(24,25)15(16,17)18/h2-5,11H,6-10H2,1H3,(H,19,21). The first-order chi connectivity index (χ1) is 12.3. The first-order valence-electron chi connectivity index (χ1n) is 7.97. The number of hydrogen-bond acceptors (Lipinski definition) is 5. The van der Waals surface area contributed by atoms with E-state index in [0.29, 0.717) is 32.5 Å². The molecule has 1 aliphatic rings. The number of sulfone groups is 1. The minimum atomic E-state index is -5.45. The van der Waals surface area contributed by atoms with Crippen molar-refractivity contribution in [1.29, 1.82) is 0 Å². The molecule has 1 N–H and O–H groups in total. The van der Waals surface area contributed by atoms with Crippen molar-refractivity contribution in [3.05, 3.63) is 29.8 Å². The molecule has 1 saturated heterocycles. The summed E-state index contributed by atoms with van der Waals surface area (Å²) < 4.78 is 84.3. The van der Waals surface area contributed by atoms with Crippen LogP contribution in [0, 0.1) is 5.92 Å². The Hall–Kier alpha value is -1.66. The van der Waals surface area contributed by atoms with E-state index in [1.165, 1.54) is 4.31 Å². The molecule has 1 aromatic carbocycles. The van der Waals surface area contributed by atoms with Crippen molar-refractivity contribution in [2.24, 2.45) is 5.92 Å². The molecule has 1 aromatic rings. The van der Waals surface area contributed by atoms with Gasteiger partial charge in [-0.15, -0.1) is 0 Å². The third kappa shape index (κ3) is 5.20. The zero-order chi connectivity index (χ0) is 20.5. The number of amides is 1. The number of piperidine rings is 1. The number of halogens is 3. The quantitative estimate of drug-likeness (QED) is 0.764. The van der Waals surface area contributed by atoms with Crippen molar-refractivity contribution in [1.82, 2.24) is 9.62 Å². The molecule has 0 bridgehead atoms. The Bertz CT molecular complexity index is 888. The van der Waals surface area contributed by atoms with Crippen molar-refractivity contribution in [2.75, 3.05) is 25.9 Å². The van der Waals surface area contributed by atoms with Crippen LogP contribution in [0.5, 0.6) is 0 Å². The maximum atomic E-state index is 12.5. The predicted octanol–water partition coefficient (Wildman–Crippen LogP) is 1.38. The maximum absolute atomic E-state index is 12.5. The van der Waals surface area contributed by atoms with Gasteiger partial charge in [0, 0.05) is 25.2 Å². The van der Waals surface area contributed by atoms with Gasteiger partial charge in [0.25, 0.3) is 15.7 Å². The molecule has 0 unspecified atom stereocenters. The van der Waals surface area contributed by atoms with Crippen molar-refractivity contribution < 1.29 is 34.8 Å². The van der Waals surface area contributed by atoms with Gasteiger partial charge in [-0.25, -0.2) is 21.1 Å². The monoisotopic (exact) mass is 428 g/mol. The first-order valence-corrected chi connectivity index (χ1v) is 11.3. The SMILES string of the molecule is CS(=O)(=O)N1CCC(CNC(=O)c2ccc(S(=O)(=O)C(F)(F)F)cc2)CC1. The number of hydrogen-bond donors (Lipinski definition) is 1. The number of carbonyl (C=O) groups is 1. The van der Waals surface area contributed by atoms with E-state index in [0.717, 1.165) is 30.5 Å². The molecule has 1 aliphatic heterocycles. The molecule has 1 heterocycles. The second kappa shape index (κ2) is 7.76. The van der Waals surface area contributed by atoms with E-state index in [1.807, 2.05) is 0 Å². The van der Waals surface area contributed by atoms with Crippen LogP contribution in [-0.2, 0) is 19.9 Å². The number of sulfonamides is 1. The number of carbonyl (C=O) groups excluding carboxylic acids is 1. The molecule has 0 aromatic heterocycles. The van der Waals surface area contributed by atoms with Gasteiger partial charge in [0.15, 0.2) is 0 Å². The molecule has 0 atom stereocenters. The van der Waals surface area contributed by atoms with E-state index in [4.69, 9.17) is 0 Å². The molecule has 0 saturated carbocycles. The van der Waals surface area contributed by atoms with Crippen molar-refractivity contribution in [2.45, 2.75) is 23.2 Å². The molecule has 1 fully saturated rings. The van der Waals surface area contributed by atoms with Gasteiger partial charge in [-0.05, 0) is 43.0 Å². The van der Waals surface area contributed by atoms with E-state index in [2.05, 4.69) is 5.32 Å². The fourth-order valence-corrected chi connectivity index (χ4v) is 4.34. The molecule has 7 nitrogen and oxygen atoms in total. The van der Waals surface area contributed by atoms with E-state index < -0.39 is 36.2 Å². The third-order valence-corrected chi connectivity index (χ3v) is 7.13. The summed E-state index contributed by atoms with van der Waals surface area (Å²) in [7, 11) is -8.68. The average molecular weight is 428 g/mol. The van der Waals surface area contributed by atoms with E-state index in [9.17, 15) is 34.8 Å². The fourth-order valence-electron chi connectivity index (χ4n) is 2.70. The predicted molar refractivity (Wildman–Crippen MR) is 91.2 cm³/mol. The highest BCUT2D eigenvalue weighted by molar-refractivity contribution is 7.92. The number of nitrogens with one attached hydrogen (secondary N) is 1. The highest BCUT2D eigenvalue weighted by Crippen LogP contribution is 2.30. The molecule has 0 radical (unpaired) electrons. The number of alkyl halides is 3. The Balaban J connectivity index is 1.92. The van der Waals surface area contributed by atoms with Gasteiger partial charge in [0.1, 0.15) is 0 Å². The Morgan fingerprint density at radius 1 is 1.11 bits per heavy atom. The second-order valence-electron chi connectivity index (χ2n) is 6.29. The summed E-state index contributed by atoms with van der Waals surface area (Å²) >= 11 is 0. The van der Waals surface area contributed by atoms with Crippen molar-refractivity contribution in [3.63, 3.8) is 0 Å².